The molecule has 20 heavy (non-hydrogen) atoms. The van der Waals surface area contributed by atoms with Crippen molar-refractivity contribution in [1.82, 2.24) is 0 Å². The molecule has 0 atom stereocenters. The molecule has 3 aromatic rings. The van der Waals surface area contributed by atoms with Crippen molar-refractivity contribution in [3.8, 4) is 5.75 Å². The smallest absolute Gasteiger partial charge is 0.210 e. The second kappa shape index (κ2) is 3.60. The monoisotopic (exact) mass is 262 g/mol. The zero-order chi connectivity index (χ0) is 13.9. The topological polar surface area (TPSA) is 26.3 Å². The first kappa shape index (κ1) is 11.5. The van der Waals surface area contributed by atoms with Crippen molar-refractivity contribution in [2.75, 3.05) is 0 Å². The van der Waals surface area contributed by atoms with Gasteiger partial charge in [-0.3, -0.25) is 4.79 Å². The highest BCUT2D eigenvalue weighted by molar-refractivity contribution is 6.24. The third-order valence-electron chi connectivity index (χ3n) is 4.02. The van der Waals surface area contributed by atoms with E-state index in [1.165, 1.54) is 0 Å². The second-order valence-corrected chi connectivity index (χ2v) is 5.74. The fraction of sp³-hybridized carbons (Fsp3) is 0.167. The molecule has 0 N–H and O–H groups in total. The number of fused-ring (bicyclic) bond motifs is 6. The quantitative estimate of drug-likeness (QED) is 0.563. The van der Waals surface area contributed by atoms with Crippen LogP contribution in [0.1, 0.15) is 24.2 Å². The summed E-state index contributed by atoms with van der Waals surface area (Å²) in [5.41, 5.74) is -0.0563. The summed E-state index contributed by atoms with van der Waals surface area (Å²) in [4.78, 5) is 12.7. The molecule has 98 valence electrons. The van der Waals surface area contributed by atoms with Crippen molar-refractivity contribution in [3.63, 3.8) is 0 Å². The summed E-state index contributed by atoms with van der Waals surface area (Å²) in [7, 11) is 0. The Kier molecular flexibility index (Phi) is 2.07. The zero-order valence-corrected chi connectivity index (χ0v) is 11.4. The van der Waals surface area contributed by atoms with Gasteiger partial charge in [0.15, 0.2) is 5.60 Å². The molecule has 0 aliphatic carbocycles. The van der Waals surface area contributed by atoms with Crippen molar-refractivity contribution in [2.24, 2.45) is 0 Å². The van der Waals surface area contributed by atoms with Gasteiger partial charge < -0.3 is 4.74 Å². The molecule has 0 amide bonds. The minimum absolute atomic E-state index is 0.0643. The van der Waals surface area contributed by atoms with E-state index in [0.29, 0.717) is 0 Å². The van der Waals surface area contributed by atoms with Gasteiger partial charge in [0, 0.05) is 5.39 Å². The maximum absolute atomic E-state index is 12.7. The Balaban J connectivity index is 2.29. The SMILES string of the molecule is CC1(C)Oc2c(c3ccccc3c3ccccc23)C1=O. The molecule has 1 aliphatic rings. The van der Waals surface area contributed by atoms with Crippen molar-refractivity contribution in [3.05, 3.63) is 54.1 Å². The van der Waals surface area contributed by atoms with Crippen LogP contribution in [0.3, 0.4) is 0 Å². The zero-order valence-electron chi connectivity index (χ0n) is 11.4. The van der Waals surface area contributed by atoms with Gasteiger partial charge in [-0.1, -0.05) is 48.5 Å². The van der Waals surface area contributed by atoms with Crippen LogP contribution >= 0.6 is 0 Å². The van der Waals surface area contributed by atoms with E-state index in [9.17, 15) is 4.79 Å². The normalized spacial score (nSPS) is 16.4. The van der Waals surface area contributed by atoms with Gasteiger partial charge in [0.25, 0.3) is 0 Å². The van der Waals surface area contributed by atoms with Gasteiger partial charge in [0.05, 0.1) is 5.56 Å². The molecule has 2 heteroatoms. The average Bonchev–Trinajstić information content (AvgIpc) is 2.70. The van der Waals surface area contributed by atoms with Gasteiger partial charge in [-0.05, 0) is 30.0 Å². The average molecular weight is 262 g/mol. The summed E-state index contributed by atoms with van der Waals surface area (Å²) in [5.74, 6) is 0.795. The number of hydrogen-bond donors (Lipinski definition) is 0. The Morgan fingerprint density at radius 1 is 0.800 bits per heavy atom. The fourth-order valence-electron chi connectivity index (χ4n) is 3.04. The molecular weight excluding hydrogens is 248 g/mol. The summed E-state index contributed by atoms with van der Waals surface area (Å²) in [6, 6.07) is 16.1. The minimum Gasteiger partial charge on any atom is -0.478 e. The van der Waals surface area contributed by atoms with Crippen LogP contribution in [0.2, 0.25) is 0 Å². The lowest BCUT2D eigenvalue weighted by atomic mass is 9.92. The van der Waals surface area contributed by atoms with Crippen LogP contribution in [0.5, 0.6) is 5.75 Å². The number of rotatable bonds is 0. The number of ketones is 1. The van der Waals surface area contributed by atoms with E-state index in [0.717, 1.165) is 32.9 Å². The Labute approximate surface area is 117 Å². The molecule has 0 fully saturated rings. The van der Waals surface area contributed by atoms with Gasteiger partial charge in [-0.2, -0.15) is 0 Å². The van der Waals surface area contributed by atoms with Crippen LogP contribution in [-0.4, -0.2) is 11.4 Å². The number of carbonyl (C=O) groups excluding carboxylic acids is 1. The Morgan fingerprint density at radius 3 is 1.95 bits per heavy atom. The second-order valence-electron chi connectivity index (χ2n) is 5.74. The molecule has 1 heterocycles. The van der Waals surface area contributed by atoms with Crippen molar-refractivity contribution in [2.45, 2.75) is 19.4 Å². The summed E-state index contributed by atoms with van der Waals surface area (Å²) >= 11 is 0. The Bertz CT molecular complexity index is 875. The third kappa shape index (κ3) is 1.31. The van der Waals surface area contributed by atoms with Gasteiger partial charge in [-0.15, -0.1) is 0 Å². The summed E-state index contributed by atoms with van der Waals surface area (Å²) in [5, 5.41) is 4.24. The standard InChI is InChI=1S/C18H14O2/c1-18(2)17(19)15-13-9-5-3-7-11(13)12-8-4-6-10-14(12)16(15)20-18/h3-10H,1-2H3. The molecule has 1 aliphatic heterocycles. The van der Waals surface area contributed by atoms with Crippen molar-refractivity contribution >= 4 is 27.3 Å². The lowest BCUT2D eigenvalue weighted by Gasteiger charge is -2.15. The van der Waals surface area contributed by atoms with Crippen molar-refractivity contribution in [1.29, 1.82) is 0 Å². The van der Waals surface area contributed by atoms with E-state index in [2.05, 4.69) is 12.1 Å². The number of benzene rings is 3. The minimum atomic E-state index is -0.783. The fourth-order valence-corrected chi connectivity index (χ4v) is 3.04. The molecule has 4 rings (SSSR count). The van der Waals surface area contributed by atoms with E-state index in [1.807, 2.05) is 50.2 Å². The number of Topliss-reactive ketones (excluding diaryl/α,β-unsaturated/α-hetero) is 1. The van der Waals surface area contributed by atoms with Crippen LogP contribution in [0.4, 0.5) is 0 Å². The largest absolute Gasteiger partial charge is 0.478 e. The van der Waals surface area contributed by atoms with Crippen LogP contribution < -0.4 is 4.74 Å². The Hall–Kier alpha value is -2.35. The van der Waals surface area contributed by atoms with Gasteiger partial charge >= 0.3 is 0 Å². The molecule has 0 spiro atoms. The van der Waals surface area contributed by atoms with Crippen LogP contribution in [0.15, 0.2) is 48.5 Å². The molecular formula is C18H14O2. The first-order valence-electron chi connectivity index (χ1n) is 6.77. The van der Waals surface area contributed by atoms with Gasteiger partial charge in [0.2, 0.25) is 5.78 Å². The Morgan fingerprint density at radius 2 is 1.30 bits per heavy atom. The van der Waals surface area contributed by atoms with E-state index in [1.54, 1.807) is 0 Å². The summed E-state index contributed by atoms with van der Waals surface area (Å²) in [6.07, 6.45) is 0. The predicted molar refractivity (Wildman–Crippen MR) is 80.5 cm³/mol. The summed E-state index contributed by atoms with van der Waals surface area (Å²) in [6.45, 7) is 3.66. The maximum atomic E-state index is 12.7. The number of ether oxygens (including phenoxy) is 1. The predicted octanol–water partition coefficient (Wildman–Crippen LogP) is 4.35. The van der Waals surface area contributed by atoms with E-state index >= 15 is 0 Å². The van der Waals surface area contributed by atoms with E-state index < -0.39 is 5.60 Å². The first-order chi connectivity index (χ1) is 9.59. The van der Waals surface area contributed by atoms with E-state index in [-0.39, 0.29) is 5.78 Å². The summed E-state index contributed by atoms with van der Waals surface area (Å²) < 4.78 is 5.98. The molecule has 2 nitrogen and oxygen atoms in total. The third-order valence-corrected chi connectivity index (χ3v) is 4.02. The highest BCUT2D eigenvalue weighted by Crippen LogP contribution is 2.45. The van der Waals surface area contributed by atoms with Crippen LogP contribution in [0, 0.1) is 0 Å². The highest BCUT2D eigenvalue weighted by atomic mass is 16.5. The lowest BCUT2D eigenvalue weighted by molar-refractivity contribution is 0.0688. The molecule has 0 aromatic heterocycles. The molecule has 3 aromatic carbocycles. The molecule has 0 saturated carbocycles. The molecule has 0 bridgehead atoms. The van der Waals surface area contributed by atoms with Crippen LogP contribution in [-0.2, 0) is 0 Å². The lowest BCUT2D eigenvalue weighted by Crippen LogP contribution is -2.32. The van der Waals surface area contributed by atoms with Crippen LogP contribution in [0.25, 0.3) is 21.5 Å². The van der Waals surface area contributed by atoms with E-state index in [4.69, 9.17) is 4.74 Å². The maximum Gasteiger partial charge on any atom is 0.210 e. The number of carbonyl (C=O) groups is 1. The molecule has 0 unspecified atom stereocenters. The van der Waals surface area contributed by atoms with Gasteiger partial charge in [0.1, 0.15) is 5.75 Å². The van der Waals surface area contributed by atoms with Gasteiger partial charge in [-0.25, -0.2) is 0 Å². The van der Waals surface area contributed by atoms with Crippen molar-refractivity contribution < 1.29 is 9.53 Å². The molecule has 0 radical (unpaired) electrons. The molecule has 0 saturated heterocycles. The first-order valence-corrected chi connectivity index (χ1v) is 6.77. The highest BCUT2D eigenvalue weighted by Gasteiger charge is 2.42. The number of hydrogen-bond acceptors (Lipinski definition) is 2.